The summed E-state index contributed by atoms with van der Waals surface area (Å²) in [6, 6.07) is 47.4. The zero-order chi connectivity index (χ0) is 24.7. The van der Waals surface area contributed by atoms with Crippen molar-refractivity contribution in [3.05, 3.63) is 140 Å². The Morgan fingerprint density at radius 1 is 0.472 bits per heavy atom. The van der Waals surface area contributed by atoms with Crippen molar-refractivity contribution in [1.82, 2.24) is 0 Å². The Balaban J connectivity index is 1.56. The molecule has 0 unspecified atom stereocenters. The Hall–Kier alpha value is -4.83. The molecule has 0 saturated carbocycles. The second kappa shape index (κ2) is 10.6. The third-order valence-electron chi connectivity index (χ3n) is 5.83. The molecule has 5 aromatic carbocycles. The Morgan fingerprint density at radius 3 is 1.25 bits per heavy atom. The van der Waals surface area contributed by atoms with E-state index in [4.69, 9.17) is 0 Å². The summed E-state index contributed by atoms with van der Waals surface area (Å²) in [5.41, 5.74) is 7.04. The maximum absolute atomic E-state index is 11.6. The van der Waals surface area contributed by atoms with Gasteiger partial charge < -0.3 is 15.1 Å². The zero-order valence-corrected chi connectivity index (χ0v) is 20.1. The molecule has 0 aliphatic heterocycles. The molecule has 176 valence electrons. The normalized spacial score (nSPS) is 10.5. The van der Waals surface area contributed by atoms with Crippen molar-refractivity contribution < 1.29 is 4.79 Å². The Kier molecular flexibility index (Phi) is 6.77. The van der Waals surface area contributed by atoms with E-state index in [0.29, 0.717) is 0 Å². The van der Waals surface area contributed by atoms with Crippen molar-refractivity contribution in [3.63, 3.8) is 0 Å². The molecule has 4 heteroatoms. The molecule has 5 aromatic rings. The predicted octanol–water partition coefficient (Wildman–Crippen LogP) is 8.58. The maximum atomic E-state index is 11.6. The van der Waals surface area contributed by atoms with Gasteiger partial charge in [0.05, 0.1) is 0 Å². The number of hydrogen-bond donors (Lipinski definition) is 1. The minimum atomic E-state index is -0.0929. The Morgan fingerprint density at radius 2 is 0.833 bits per heavy atom. The first kappa shape index (κ1) is 22.9. The molecule has 0 bridgehead atoms. The number of para-hydroxylation sites is 3. The third-order valence-corrected chi connectivity index (χ3v) is 5.83. The molecule has 4 nitrogen and oxygen atoms in total. The zero-order valence-electron chi connectivity index (χ0n) is 20.1. The third kappa shape index (κ3) is 5.13. The number of amides is 1. The van der Waals surface area contributed by atoms with E-state index in [1.165, 1.54) is 6.92 Å². The summed E-state index contributed by atoms with van der Waals surface area (Å²) in [6.07, 6.45) is 0. The van der Waals surface area contributed by atoms with Crippen LogP contribution < -0.4 is 15.1 Å². The number of carbonyl (C=O) groups excluding carboxylic acids is 1. The van der Waals surface area contributed by atoms with Crippen LogP contribution >= 0.6 is 0 Å². The van der Waals surface area contributed by atoms with Crippen LogP contribution in [-0.2, 0) is 4.79 Å². The molecule has 0 spiro atoms. The number of carbonyl (C=O) groups is 1. The summed E-state index contributed by atoms with van der Waals surface area (Å²) in [5.74, 6) is -0.0929. The van der Waals surface area contributed by atoms with Crippen LogP contribution in [0.5, 0.6) is 0 Å². The van der Waals surface area contributed by atoms with Crippen molar-refractivity contribution in [2.45, 2.75) is 6.92 Å². The van der Waals surface area contributed by atoms with Gasteiger partial charge in [-0.15, -0.1) is 0 Å². The number of nitrogens with zero attached hydrogens (tertiary/aromatic N) is 2. The average Bonchev–Trinajstić information content (AvgIpc) is 2.92. The van der Waals surface area contributed by atoms with Crippen molar-refractivity contribution in [2.75, 3.05) is 15.1 Å². The highest BCUT2D eigenvalue weighted by Gasteiger charge is 2.16. The van der Waals surface area contributed by atoms with Crippen molar-refractivity contribution in [1.29, 1.82) is 0 Å². The molecule has 36 heavy (non-hydrogen) atoms. The smallest absolute Gasteiger partial charge is 0.221 e. The molecule has 0 saturated heterocycles. The van der Waals surface area contributed by atoms with Gasteiger partial charge in [0.15, 0.2) is 0 Å². The molecule has 0 aliphatic carbocycles. The standard InChI is InChI=1S/C32H27N3O/c1-25(36)33-26-12-11-19-32(24-26)35(29-17-9-4-10-18-29)31-22-20-30(21-23-31)34(27-13-5-2-6-14-27)28-15-7-3-8-16-28/h2-24H,1H3,(H,33,36). The Labute approximate surface area is 212 Å². The average molecular weight is 470 g/mol. The highest BCUT2D eigenvalue weighted by molar-refractivity contribution is 5.90. The number of rotatable bonds is 7. The monoisotopic (exact) mass is 469 g/mol. The molecule has 1 N–H and O–H groups in total. The number of hydrogen-bond acceptors (Lipinski definition) is 3. The maximum Gasteiger partial charge on any atom is 0.221 e. The summed E-state index contributed by atoms with van der Waals surface area (Å²) >= 11 is 0. The first-order valence-corrected chi connectivity index (χ1v) is 11.9. The first-order chi connectivity index (χ1) is 17.7. The van der Waals surface area contributed by atoms with Crippen molar-refractivity contribution in [2.24, 2.45) is 0 Å². The van der Waals surface area contributed by atoms with E-state index < -0.39 is 0 Å². The van der Waals surface area contributed by atoms with Crippen molar-refractivity contribution in [3.8, 4) is 0 Å². The van der Waals surface area contributed by atoms with Crippen LogP contribution in [0.3, 0.4) is 0 Å². The molecule has 0 heterocycles. The van der Waals surface area contributed by atoms with Crippen molar-refractivity contribution >= 4 is 45.7 Å². The molecule has 5 rings (SSSR count). The number of benzene rings is 5. The topological polar surface area (TPSA) is 35.6 Å². The van der Waals surface area contributed by atoms with Gasteiger partial charge in [-0.1, -0.05) is 60.7 Å². The van der Waals surface area contributed by atoms with Crippen LogP contribution in [0, 0.1) is 0 Å². The predicted molar refractivity (Wildman–Crippen MR) is 150 cm³/mol. The lowest BCUT2D eigenvalue weighted by molar-refractivity contribution is -0.114. The van der Waals surface area contributed by atoms with Crippen LogP contribution in [0.1, 0.15) is 6.92 Å². The lowest BCUT2D eigenvalue weighted by atomic mass is 10.1. The molecular weight excluding hydrogens is 442 g/mol. The fraction of sp³-hybridized carbons (Fsp3) is 0.0312. The van der Waals surface area contributed by atoms with Crippen LogP contribution in [0.4, 0.5) is 39.8 Å². The SMILES string of the molecule is CC(=O)Nc1cccc(N(c2ccccc2)c2ccc(N(c3ccccc3)c3ccccc3)cc2)c1. The molecule has 0 aromatic heterocycles. The highest BCUT2D eigenvalue weighted by Crippen LogP contribution is 2.39. The minimum absolute atomic E-state index is 0.0929. The van der Waals surface area contributed by atoms with E-state index in [2.05, 4.69) is 100 Å². The van der Waals surface area contributed by atoms with Crippen LogP contribution in [-0.4, -0.2) is 5.91 Å². The van der Waals surface area contributed by atoms with Gasteiger partial charge in [-0.05, 0) is 78.9 Å². The molecular formula is C32H27N3O. The summed E-state index contributed by atoms with van der Waals surface area (Å²) in [6.45, 7) is 1.52. The van der Waals surface area contributed by atoms with Crippen LogP contribution in [0.2, 0.25) is 0 Å². The quantitative estimate of drug-likeness (QED) is 0.259. The van der Waals surface area contributed by atoms with E-state index in [0.717, 1.165) is 39.8 Å². The van der Waals surface area contributed by atoms with Gasteiger partial charge in [-0.2, -0.15) is 0 Å². The first-order valence-electron chi connectivity index (χ1n) is 11.9. The van der Waals surface area contributed by atoms with Gasteiger partial charge in [0.25, 0.3) is 0 Å². The van der Waals surface area contributed by atoms with Gasteiger partial charge in [0, 0.05) is 46.7 Å². The summed E-state index contributed by atoms with van der Waals surface area (Å²) in [7, 11) is 0. The molecule has 0 radical (unpaired) electrons. The van der Waals surface area contributed by atoms with Gasteiger partial charge in [-0.25, -0.2) is 0 Å². The second-order valence-corrected chi connectivity index (χ2v) is 8.43. The number of anilines is 7. The van der Waals surface area contributed by atoms with E-state index in [9.17, 15) is 4.79 Å². The number of nitrogens with one attached hydrogen (secondary N) is 1. The summed E-state index contributed by atoms with van der Waals surface area (Å²) in [4.78, 5) is 16.1. The minimum Gasteiger partial charge on any atom is -0.326 e. The fourth-order valence-corrected chi connectivity index (χ4v) is 4.30. The molecule has 1 amide bonds. The van der Waals surface area contributed by atoms with Crippen LogP contribution in [0.15, 0.2) is 140 Å². The molecule has 0 fully saturated rings. The van der Waals surface area contributed by atoms with E-state index in [1.54, 1.807) is 0 Å². The summed E-state index contributed by atoms with van der Waals surface area (Å²) in [5, 5.41) is 2.89. The van der Waals surface area contributed by atoms with Crippen LogP contribution in [0.25, 0.3) is 0 Å². The summed E-state index contributed by atoms with van der Waals surface area (Å²) < 4.78 is 0. The van der Waals surface area contributed by atoms with E-state index >= 15 is 0 Å². The van der Waals surface area contributed by atoms with Gasteiger partial charge in [0.1, 0.15) is 0 Å². The lowest BCUT2D eigenvalue weighted by Gasteiger charge is -2.28. The van der Waals surface area contributed by atoms with Gasteiger partial charge in [0.2, 0.25) is 5.91 Å². The molecule has 0 aliphatic rings. The molecule has 0 atom stereocenters. The largest absolute Gasteiger partial charge is 0.326 e. The fourth-order valence-electron chi connectivity index (χ4n) is 4.30. The lowest BCUT2D eigenvalue weighted by Crippen LogP contribution is -2.12. The second-order valence-electron chi connectivity index (χ2n) is 8.43. The van der Waals surface area contributed by atoms with E-state index in [1.807, 2.05) is 54.6 Å². The van der Waals surface area contributed by atoms with E-state index in [-0.39, 0.29) is 5.91 Å². The van der Waals surface area contributed by atoms with Gasteiger partial charge >= 0.3 is 0 Å². The van der Waals surface area contributed by atoms with Gasteiger partial charge in [-0.3, -0.25) is 4.79 Å². The Bertz CT molecular complexity index is 1380. The highest BCUT2D eigenvalue weighted by atomic mass is 16.1.